The van der Waals surface area contributed by atoms with Crippen LogP contribution < -0.4 is 5.32 Å². The fourth-order valence-corrected chi connectivity index (χ4v) is 3.37. The average Bonchev–Trinajstić information content (AvgIpc) is 2.80. The molecule has 0 aliphatic heterocycles. The molecule has 0 aromatic heterocycles. The summed E-state index contributed by atoms with van der Waals surface area (Å²) < 4.78 is 0. The topological polar surface area (TPSA) is 41.6 Å². The Balaban J connectivity index is 1.60. The molecule has 0 heterocycles. The van der Waals surface area contributed by atoms with Gasteiger partial charge in [-0.1, -0.05) is 84.9 Å². The Morgan fingerprint density at radius 1 is 0.800 bits per heavy atom. The van der Waals surface area contributed by atoms with Gasteiger partial charge in [0.1, 0.15) is 6.61 Å². The van der Waals surface area contributed by atoms with Gasteiger partial charge in [0.15, 0.2) is 0 Å². The predicted octanol–water partition coefficient (Wildman–Crippen LogP) is 5.81. The van der Waals surface area contributed by atoms with Gasteiger partial charge in [0.05, 0.1) is 0 Å². The highest BCUT2D eigenvalue weighted by Gasteiger charge is 2.22. The van der Waals surface area contributed by atoms with Crippen LogP contribution in [0.5, 0.6) is 0 Å². The molecular formula is C25H20N2O2S. The molecule has 30 heavy (non-hydrogen) atoms. The highest BCUT2D eigenvalue weighted by molar-refractivity contribution is 7.80. The third kappa shape index (κ3) is 4.54. The SMILES string of the molecule is O=C(c1ccccc1)N(OCc1ccccc1)C(=S)Nc1cccc2ccccc12. The van der Waals surface area contributed by atoms with E-state index in [1.54, 1.807) is 12.1 Å². The molecule has 0 aliphatic carbocycles. The molecule has 0 aliphatic rings. The predicted molar refractivity (Wildman–Crippen MR) is 124 cm³/mol. The van der Waals surface area contributed by atoms with Crippen LogP contribution in [0.4, 0.5) is 5.69 Å². The summed E-state index contributed by atoms with van der Waals surface area (Å²) in [5.74, 6) is -0.329. The number of hydroxylamine groups is 2. The second-order valence-corrected chi connectivity index (χ2v) is 7.07. The van der Waals surface area contributed by atoms with Gasteiger partial charge in [-0.05, 0) is 41.4 Å². The molecule has 0 saturated heterocycles. The van der Waals surface area contributed by atoms with Crippen LogP contribution >= 0.6 is 12.2 Å². The number of nitrogens with one attached hydrogen (secondary N) is 1. The van der Waals surface area contributed by atoms with E-state index >= 15 is 0 Å². The molecule has 0 saturated carbocycles. The molecule has 4 aromatic rings. The number of amides is 1. The quantitative estimate of drug-likeness (QED) is 0.332. The van der Waals surface area contributed by atoms with E-state index in [0.29, 0.717) is 5.56 Å². The van der Waals surface area contributed by atoms with Crippen molar-refractivity contribution in [1.29, 1.82) is 0 Å². The average molecular weight is 413 g/mol. The number of rotatable bonds is 5. The van der Waals surface area contributed by atoms with Crippen molar-refractivity contribution in [1.82, 2.24) is 5.06 Å². The molecule has 5 heteroatoms. The van der Waals surface area contributed by atoms with Crippen molar-refractivity contribution >= 4 is 39.7 Å². The molecule has 4 rings (SSSR count). The monoisotopic (exact) mass is 412 g/mol. The molecule has 1 amide bonds. The van der Waals surface area contributed by atoms with Crippen molar-refractivity contribution in [2.75, 3.05) is 5.32 Å². The minimum Gasteiger partial charge on any atom is -0.330 e. The van der Waals surface area contributed by atoms with E-state index in [4.69, 9.17) is 17.1 Å². The molecule has 1 N–H and O–H groups in total. The van der Waals surface area contributed by atoms with Gasteiger partial charge in [0.2, 0.25) is 5.11 Å². The molecular weight excluding hydrogens is 392 g/mol. The fourth-order valence-electron chi connectivity index (χ4n) is 3.12. The highest BCUT2D eigenvalue weighted by atomic mass is 32.1. The van der Waals surface area contributed by atoms with Gasteiger partial charge in [0.25, 0.3) is 5.91 Å². The van der Waals surface area contributed by atoms with Crippen LogP contribution in [0.1, 0.15) is 15.9 Å². The zero-order valence-electron chi connectivity index (χ0n) is 16.2. The summed E-state index contributed by atoms with van der Waals surface area (Å²) >= 11 is 5.58. The minimum atomic E-state index is -0.329. The molecule has 0 unspecified atom stereocenters. The lowest BCUT2D eigenvalue weighted by molar-refractivity contribution is -0.0801. The van der Waals surface area contributed by atoms with Crippen LogP contribution in [0.15, 0.2) is 103 Å². The van der Waals surface area contributed by atoms with Gasteiger partial charge in [-0.15, -0.1) is 0 Å². The number of benzene rings is 4. The van der Waals surface area contributed by atoms with Crippen LogP contribution in [0.25, 0.3) is 10.8 Å². The molecule has 0 spiro atoms. The molecule has 0 fully saturated rings. The van der Waals surface area contributed by atoms with Gasteiger partial charge >= 0.3 is 0 Å². The van der Waals surface area contributed by atoms with Crippen molar-refractivity contribution in [2.24, 2.45) is 0 Å². The lowest BCUT2D eigenvalue weighted by atomic mass is 10.1. The van der Waals surface area contributed by atoms with E-state index in [2.05, 4.69) is 5.32 Å². The summed E-state index contributed by atoms with van der Waals surface area (Å²) in [6, 6.07) is 32.5. The van der Waals surface area contributed by atoms with Crippen molar-refractivity contribution in [3.63, 3.8) is 0 Å². The Kier molecular flexibility index (Phi) is 6.13. The lowest BCUT2D eigenvalue weighted by Gasteiger charge is -2.23. The number of nitrogens with zero attached hydrogens (tertiary/aromatic N) is 1. The first-order valence-electron chi connectivity index (χ1n) is 9.57. The van der Waals surface area contributed by atoms with Crippen molar-refractivity contribution in [3.8, 4) is 0 Å². The van der Waals surface area contributed by atoms with Gasteiger partial charge in [-0.25, -0.2) is 0 Å². The summed E-state index contributed by atoms with van der Waals surface area (Å²) in [7, 11) is 0. The Morgan fingerprint density at radius 2 is 1.43 bits per heavy atom. The first-order valence-corrected chi connectivity index (χ1v) is 9.98. The summed E-state index contributed by atoms with van der Waals surface area (Å²) in [5, 5.41) is 6.60. The van der Waals surface area contributed by atoms with E-state index in [0.717, 1.165) is 27.1 Å². The van der Waals surface area contributed by atoms with Gasteiger partial charge in [-0.3, -0.25) is 9.63 Å². The smallest absolute Gasteiger partial charge is 0.284 e. The number of anilines is 1. The van der Waals surface area contributed by atoms with E-state index < -0.39 is 0 Å². The maximum absolute atomic E-state index is 13.1. The summed E-state index contributed by atoms with van der Waals surface area (Å²) in [5.41, 5.74) is 2.25. The zero-order valence-corrected chi connectivity index (χ0v) is 17.0. The van der Waals surface area contributed by atoms with Crippen LogP contribution in [0.2, 0.25) is 0 Å². The van der Waals surface area contributed by atoms with E-state index in [1.807, 2.05) is 91.0 Å². The first-order chi connectivity index (χ1) is 14.7. The molecule has 4 aromatic carbocycles. The molecule has 4 nitrogen and oxygen atoms in total. The number of carbonyl (C=O) groups is 1. The maximum Gasteiger partial charge on any atom is 0.284 e. The van der Waals surface area contributed by atoms with Crippen LogP contribution in [0, 0.1) is 0 Å². The number of carbonyl (C=O) groups excluding carboxylic acids is 1. The second kappa shape index (κ2) is 9.31. The van der Waals surface area contributed by atoms with Crippen molar-refractivity contribution in [2.45, 2.75) is 6.61 Å². The van der Waals surface area contributed by atoms with Gasteiger partial charge in [-0.2, -0.15) is 5.06 Å². The molecule has 0 radical (unpaired) electrons. The van der Waals surface area contributed by atoms with Gasteiger partial charge in [0, 0.05) is 16.6 Å². The maximum atomic E-state index is 13.1. The summed E-state index contributed by atoms with van der Waals surface area (Å²) in [6.45, 7) is 0.219. The van der Waals surface area contributed by atoms with Gasteiger partial charge < -0.3 is 5.32 Å². The van der Waals surface area contributed by atoms with Crippen LogP contribution in [0.3, 0.4) is 0 Å². The normalized spacial score (nSPS) is 10.5. The van der Waals surface area contributed by atoms with Crippen molar-refractivity contribution < 1.29 is 9.63 Å². The Labute approximate surface area is 180 Å². The number of thiocarbonyl (C=S) groups is 1. The molecule has 0 bridgehead atoms. The Hall–Kier alpha value is -3.54. The lowest BCUT2D eigenvalue weighted by Crippen LogP contribution is -2.39. The largest absolute Gasteiger partial charge is 0.330 e. The minimum absolute atomic E-state index is 0.177. The standard InChI is InChI=1S/C25H20N2O2S/c28-24(21-13-5-2-6-14-21)27(29-18-19-10-3-1-4-11-19)25(30)26-23-17-9-15-20-12-7-8-16-22(20)23/h1-17H,18H2,(H,26,30). The number of fused-ring (bicyclic) bond motifs is 1. The third-order valence-electron chi connectivity index (χ3n) is 4.62. The van der Waals surface area contributed by atoms with E-state index in [-0.39, 0.29) is 17.6 Å². The highest BCUT2D eigenvalue weighted by Crippen LogP contribution is 2.23. The second-order valence-electron chi connectivity index (χ2n) is 6.68. The molecule has 148 valence electrons. The first kappa shape index (κ1) is 19.8. The zero-order chi connectivity index (χ0) is 20.8. The number of hydrogen-bond donors (Lipinski definition) is 1. The van der Waals surface area contributed by atoms with Crippen LogP contribution in [-0.4, -0.2) is 16.1 Å². The van der Waals surface area contributed by atoms with Crippen LogP contribution in [-0.2, 0) is 11.4 Å². The summed E-state index contributed by atoms with van der Waals surface area (Å²) in [6.07, 6.45) is 0. The van der Waals surface area contributed by atoms with E-state index in [1.165, 1.54) is 0 Å². The third-order valence-corrected chi connectivity index (χ3v) is 4.89. The molecule has 0 atom stereocenters. The number of hydrogen-bond acceptors (Lipinski definition) is 3. The van der Waals surface area contributed by atoms with E-state index in [9.17, 15) is 4.79 Å². The summed E-state index contributed by atoms with van der Waals surface area (Å²) in [4.78, 5) is 19.0. The Bertz CT molecular complexity index is 1160. The van der Waals surface area contributed by atoms with Crippen molar-refractivity contribution in [3.05, 3.63) is 114 Å². The Morgan fingerprint density at radius 3 is 2.20 bits per heavy atom. The fraction of sp³-hybridized carbons (Fsp3) is 0.0400.